The van der Waals surface area contributed by atoms with Crippen LogP contribution in [-0.2, 0) is 0 Å². The van der Waals surface area contributed by atoms with Crippen LogP contribution in [0.3, 0.4) is 0 Å². The summed E-state index contributed by atoms with van der Waals surface area (Å²) in [4.78, 5) is 30.2. The van der Waals surface area contributed by atoms with Gasteiger partial charge in [0, 0.05) is 11.8 Å². The molecule has 0 saturated carbocycles. The second kappa shape index (κ2) is 4.61. The predicted octanol–water partition coefficient (Wildman–Crippen LogP) is 1.21. The van der Waals surface area contributed by atoms with Crippen LogP contribution < -0.4 is 10.9 Å². The zero-order valence-electron chi connectivity index (χ0n) is 10.6. The van der Waals surface area contributed by atoms with Gasteiger partial charge in [0.25, 0.3) is 11.5 Å². The van der Waals surface area contributed by atoms with Crippen molar-refractivity contribution in [3.8, 4) is 0 Å². The van der Waals surface area contributed by atoms with Crippen LogP contribution in [0.4, 0.5) is 5.69 Å². The average Bonchev–Trinajstić information content (AvgIpc) is 2.78. The summed E-state index contributed by atoms with van der Waals surface area (Å²) in [5.74, 6) is 0.419. The number of hydrogen-bond donors (Lipinski definition) is 3. The average molecular weight is 269 g/mol. The van der Waals surface area contributed by atoms with Gasteiger partial charge in [0.2, 0.25) is 0 Å². The van der Waals surface area contributed by atoms with Gasteiger partial charge in [0.1, 0.15) is 11.5 Å². The molecule has 0 spiro atoms. The third-order valence-electron chi connectivity index (χ3n) is 2.77. The molecule has 0 radical (unpaired) electrons. The lowest BCUT2D eigenvalue weighted by Gasteiger charge is -2.03. The fourth-order valence-electron chi connectivity index (χ4n) is 1.88. The molecule has 0 unspecified atom stereocenters. The number of imidazole rings is 1. The summed E-state index contributed by atoms with van der Waals surface area (Å²) in [7, 11) is 0. The molecule has 3 rings (SSSR count). The van der Waals surface area contributed by atoms with E-state index in [2.05, 4.69) is 25.5 Å². The van der Waals surface area contributed by atoms with E-state index in [9.17, 15) is 9.59 Å². The monoisotopic (exact) mass is 269 g/mol. The number of fused-ring (bicyclic) bond motifs is 1. The second-order valence-corrected chi connectivity index (χ2v) is 4.31. The highest BCUT2D eigenvalue weighted by Crippen LogP contribution is 2.17. The zero-order chi connectivity index (χ0) is 14.1. The number of carbonyl (C=O) groups is 1. The smallest absolute Gasteiger partial charge is 0.276 e. The fourth-order valence-corrected chi connectivity index (χ4v) is 1.88. The van der Waals surface area contributed by atoms with Crippen LogP contribution in [0.15, 0.2) is 35.1 Å². The molecule has 0 bridgehead atoms. The molecule has 0 atom stereocenters. The first-order valence-electron chi connectivity index (χ1n) is 5.95. The van der Waals surface area contributed by atoms with Gasteiger partial charge in [0.05, 0.1) is 11.0 Å². The first-order valence-corrected chi connectivity index (χ1v) is 5.95. The number of benzene rings is 1. The molecule has 2 heterocycles. The quantitative estimate of drug-likeness (QED) is 0.650. The lowest BCUT2D eigenvalue weighted by Crippen LogP contribution is -2.17. The molecule has 2 aromatic heterocycles. The van der Waals surface area contributed by atoms with E-state index < -0.39 is 5.91 Å². The van der Waals surface area contributed by atoms with Gasteiger partial charge in [-0.15, -0.1) is 0 Å². The molecular formula is C13H11N5O2. The van der Waals surface area contributed by atoms with Gasteiger partial charge in [0.15, 0.2) is 0 Å². The van der Waals surface area contributed by atoms with Crippen molar-refractivity contribution in [3.05, 3.63) is 52.2 Å². The number of nitrogens with one attached hydrogen (secondary N) is 3. The minimum Gasteiger partial charge on any atom is -0.342 e. The first-order chi connectivity index (χ1) is 9.61. The van der Waals surface area contributed by atoms with Crippen LogP contribution in [0.5, 0.6) is 0 Å². The molecule has 3 aromatic rings. The molecule has 20 heavy (non-hydrogen) atoms. The molecular weight excluding hydrogens is 258 g/mol. The normalized spacial score (nSPS) is 10.7. The maximum atomic E-state index is 11.9. The lowest BCUT2D eigenvalue weighted by atomic mass is 10.2. The van der Waals surface area contributed by atoms with E-state index in [-0.39, 0.29) is 11.3 Å². The standard InChI is InChI=1S/C13H11N5O2/c1-7-14-9-3-2-8(6-11(9)15-7)16-13(20)10-4-5-12(19)18-17-10/h2-6H,1H3,(H,14,15)(H,16,20)(H,18,19). The molecule has 7 nitrogen and oxygen atoms in total. The van der Waals surface area contributed by atoms with Crippen LogP contribution in [0.25, 0.3) is 11.0 Å². The summed E-state index contributed by atoms with van der Waals surface area (Å²) in [6, 6.07) is 7.98. The minimum atomic E-state index is -0.392. The van der Waals surface area contributed by atoms with E-state index in [0.29, 0.717) is 5.69 Å². The number of carbonyl (C=O) groups excluding carboxylic acids is 1. The second-order valence-electron chi connectivity index (χ2n) is 4.31. The van der Waals surface area contributed by atoms with Gasteiger partial charge in [-0.2, -0.15) is 5.10 Å². The van der Waals surface area contributed by atoms with E-state index in [0.717, 1.165) is 16.9 Å². The van der Waals surface area contributed by atoms with Gasteiger partial charge in [-0.25, -0.2) is 10.1 Å². The van der Waals surface area contributed by atoms with Crippen molar-refractivity contribution >= 4 is 22.6 Å². The molecule has 0 saturated heterocycles. The first kappa shape index (κ1) is 12.1. The number of rotatable bonds is 2. The Hall–Kier alpha value is -2.96. The molecule has 7 heteroatoms. The third-order valence-corrected chi connectivity index (χ3v) is 2.77. The van der Waals surface area contributed by atoms with E-state index in [4.69, 9.17) is 0 Å². The number of aromatic amines is 2. The van der Waals surface area contributed by atoms with E-state index in [1.165, 1.54) is 12.1 Å². The predicted molar refractivity (Wildman–Crippen MR) is 73.6 cm³/mol. The number of aromatic nitrogens is 4. The fraction of sp³-hybridized carbons (Fsp3) is 0.0769. The van der Waals surface area contributed by atoms with Crippen LogP contribution in [0, 0.1) is 6.92 Å². The minimum absolute atomic E-state index is 0.144. The number of aryl methyl sites for hydroxylation is 1. The van der Waals surface area contributed by atoms with Gasteiger partial charge in [-0.05, 0) is 31.2 Å². The van der Waals surface area contributed by atoms with Crippen molar-refractivity contribution in [2.45, 2.75) is 6.92 Å². The molecule has 1 amide bonds. The van der Waals surface area contributed by atoms with E-state index in [1.807, 2.05) is 13.0 Å². The Morgan fingerprint density at radius 2 is 2.10 bits per heavy atom. The van der Waals surface area contributed by atoms with E-state index in [1.54, 1.807) is 12.1 Å². The van der Waals surface area contributed by atoms with Gasteiger partial charge in [-0.1, -0.05) is 0 Å². The molecule has 0 fully saturated rings. The van der Waals surface area contributed by atoms with Crippen molar-refractivity contribution < 1.29 is 4.79 Å². The topological polar surface area (TPSA) is 104 Å². The summed E-state index contributed by atoms with van der Waals surface area (Å²) in [6.45, 7) is 1.86. The van der Waals surface area contributed by atoms with Gasteiger partial charge >= 0.3 is 0 Å². The third kappa shape index (κ3) is 2.28. The summed E-state index contributed by atoms with van der Waals surface area (Å²) >= 11 is 0. The molecule has 0 aliphatic heterocycles. The highest BCUT2D eigenvalue weighted by atomic mass is 16.2. The maximum absolute atomic E-state index is 11.9. The largest absolute Gasteiger partial charge is 0.342 e. The number of hydrogen-bond acceptors (Lipinski definition) is 4. The summed E-state index contributed by atoms with van der Waals surface area (Å²) in [5, 5.41) is 8.60. The van der Waals surface area contributed by atoms with Crippen molar-refractivity contribution in [1.29, 1.82) is 0 Å². The Kier molecular flexibility index (Phi) is 2.79. The number of H-pyrrole nitrogens is 2. The Morgan fingerprint density at radius 3 is 2.85 bits per heavy atom. The number of nitrogens with zero attached hydrogens (tertiary/aromatic N) is 2. The Balaban J connectivity index is 1.86. The van der Waals surface area contributed by atoms with Crippen molar-refractivity contribution in [2.24, 2.45) is 0 Å². The summed E-state index contributed by atoms with van der Waals surface area (Å²) in [6.07, 6.45) is 0. The zero-order valence-corrected chi connectivity index (χ0v) is 10.6. The van der Waals surface area contributed by atoms with Crippen molar-refractivity contribution in [3.63, 3.8) is 0 Å². The Bertz CT molecular complexity index is 829. The van der Waals surface area contributed by atoms with Crippen LogP contribution in [-0.4, -0.2) is 26.1 Å². The Labute approximate surface area is 113 Å². The number of anilines is 1. The molecule has 0 aliphatic carbocycles. The molecule has 0 aliphatic rings. The van der Waals surface area contributed by atoms with Crippen molar-refractivity contribution in [1.82, 2.24) is 20.2 Å². The molecule has 1 aromatic carbocycles. The van der Waals surface area contributed by atoms with Gasteiger partial charge < -0.3 is 10.3 Å². The summed E-state index contributed by atoms with van der Waals surface area (Å²) in [5.41, 5.74) is 2.10. The molecule has 3 N–H and O–H groups in total. The highest BCUT2D eigenvalue weighted by Gasteiger charge is 2.08. The summed E-state index contributed by atoms with van der Waals surface area (Å²) < 4.78 is 0. The SMILES string of the molecule is Cc1nc2ccc(NC(=O)c3ccc(=O)[nH]n3)cc2[nH]1. The van der Waals surface area contributed by atoms with Crippen LogP contribution >= 0.6 is 0 Å². The lowest BCUT2D eigenvalue weighted by molar-refractivity contribution is 0.102. The highest BCUT2D eigenvalue weighted by molar-refractivity contribution is 6.03. The van der Waals surface area contributed by atoms with Gasteiger partial charge in [-0.3, -0.25) is 9.59 Å². The Morgan fingerprint density at radius 1 is 1.25 bits per heavy atom. The maximum Gasteiger partial charge on any atom is 0.276 e. The van der Waals surface area contributed by atoms with Crippen LogP contribution in [0.2, 0.25) is 0 Å². The van der Waals surface area contributed by atoms with Crippen LogP contribution in [0.1, 0.15) is 16.3 Å². The van der Waals surface area contributed by atoms with Crippen molar-refractivity contribution in [2.75, 3.05) is 5.32 Å². The molecule has 100 valence electrons. The number of amides is 1. The van der Waals surface area contributed by atoms with E-state index >= 15 is 0 Å².